The summed E-state index contributed by atoms with van der Waals surface area (Å²) in [5.41, 5.74) is 3.68. The Hall–Kier alpha value is -2.67. The lowest BCUT2D eigenvalue weighted by Gasteiger charge is -2.32. The van der Waals surface area contributed by atoms with Gasteiger partial charge < -0.3 is 10.2 Å². The standard InChI is InChI=1S/C23H29ClN6O/c1-5-14(2)25-23(31)17-10-12-29(13-11-17)22-21-20(15(3)26-27-22)16(4)30(28-21)19-8-6-18(24)7-9-19/h6-9,14,17H,5,10-13H2,1-4H3,(H,25,31)/t14-/m1/s1. The Bertz CT molecular complexity index is 1090. The molecule has 8 heteroatoms. The minimum atomic E-state index is 0.0486. The number of anilines is 1. The Kier molecular flexibility index (Phi) is 6.14. The maximum absolute atomic E-state index is 12.5. The van der Waals surface area contributed by atoms with E-state index < -0.39 is 0 Å². The molecule has 1 aliphatic rings. The van der Waals surface area contributed by atoms with E-state index in [4.69, 9.17) is 16.7 Å². The molecule has 1 aliphatic heterocycles. The van der Waals surface area contributed by atoms with Crippen LogP contribution in [-0.4, -0.2) is 45.0 Å². The van der Waals surface area contributed by atoms with Gasteiger partial charge in [0.25, 0.3) is 0 Å². The van der Waals surface area contributed by atoms with Gasteiger partial charge in [-0.2, -0.15) is 10.2 Å². The van der Waals surface area contributed by atoms with Gasteiger partial charge in [0.1, 0.15) is 5.52 Å². The van der Waals surface area contributed by atoms with E-state index in [1.165, 1.54) is 0 Å². The summed E-state index contributed by atoms with van der Waals surface area (Å²) in [7, 11) is 0. The largest absolute Gasteiger partial charge is 0.353 e. The van der Waals surface area contributed by atoms with E-state index in [1.807, 2.05) is 49.7 Å². The van der Waals surface area contributed by atoms with E-state index >= 15 is 0 Å². The molecule has 7 nitrogen and oxygen atoms in total. The number of hydrogen-bond acceptors (Lipinski definition) is 5. The van der Waals surface area contributed by atoms with Gasteiger partial charge in [-0.1, -0.05) is 18.5 Å². The van der Waals surface area contributed by atoms with Crippen LogP contribution in [0.4, 0.5) is 5.82 Å². The number of nitrogens with zero attached hydrogens (tertiary/aromatic N) is 5. The molecule has 0 unspecified atom stereocenters. The van der Waals surface area contributed by atoms with Crippen molar-refractivity contribution in [3.05, 3.63) is 40.7 Å². The van der Waals surface area contributed by atoms with Crippen molar-refractivity contribution in [1.29, 1.82) is 0 Å². The van der Waals surface area contributed by atoms with Crippen molar-refractivity contribution in [2.75, 3.05) is 18.0 Å². The molecule has 3 heterocycles. The van der Waals surface area contributed by atoms with E-state index in [1.54, 1.807) is 0 Å². The molecular weight excluding hydrogens is 412 g/mol. The smallest absolute Gasteiger partial charge is 0.223 e. The molecule has 1 amide bonds. The number of rotatable bonds is 5. The zero-order valence-electron chi connectivity index (χ0n) is 18.5. The summed E-state index contributed by atoms with van der Waals surface area (Å²) in [6.45, 7) is 9.67. The van der Waals surface area contributed by atoms with Crippen molar-refractivity contribution >= 4 is 34.2 Å². The van der Waals surface area contributed by atoms with Gasteiger partial charge in [-0.3, -0.25) is 4.79 Å². The molecule has 31 heavy (non-hydrogen) atoms. The zero-order valence-corrected chi connectivity index (χ0v) is 19.3. The third-order valence-corrected chi connectivity index (χ3v) is 6.47. The SMILES string of the molecule is CC[C@@H](C)NC(=O)C1CCN(c2nnc(C)c3c(C)n(-c4ccc(Cl)cc4)nc23)CC1. The fourth-order valence-electron chi connectivity index (χ4n) is 4.17. The zero-order chi connectivity index (χ0) is 22.1. The monoisotopic (exact) mass is 440 g/mol. The molecule has 1 atom stereocenters. The van der Waals surface area contributed by atoms with Crippen LogP contribution in [0.2, 0.25) is 5.02 Å². The first kappa shape index (κ1) is 21.6. The van der Waals surface area contributed by atoms with Crippen LogP contribution in [0.3, 0.4) is 0 Å². The lowest BCUT2D eigenvalue weighted by atomic mass is 9.95. The number of piperidine rings is 1. The molecule has 1 fully saturated rings. The fourth-order valence-corrected chi connectivity index (χ4v) is 4.30. The van der Waals surface area contributed by atoms with Gasteiger partial charge >= 0.3 is 0 Å². The Morgan fingerprint density at radius 2 is 1.87 bits per heavy atom. The van der Waals surface area contributed by atoms with Crippen LogP contribution < -0.4 is 10.2 Å². The summed E-state index contributed by atoms with van der Waals surface area (Å²) in [6.07, 6.45) is 2.55. The van der Waals surface area contributed by atoms with Gasteiger partial charge in [0.05, 0.1) is 22.5 Å². The topological polar surface area (TPSA) is 75.9 Å². The van der Waals surface area contributed by atoms with Crippen LogP contribution >= 0.6 is 11.6 Å². The molecule has 0 radical (unpaired) electrons. The highest BCUT2D eigenvalue weighted by Crippen LogP contribution is 2.31. The molecule has 2 aromatic heterocycles. The van der Waals surface area contributed by atoms with Gasteiger partial charge in [-0.25, -0.2) is 4.68 Å². The number of carbonyl (C=O) groups excluding carboxylic acids is 1. The highest BCUT2D eigenvalue weighted by atomic mass is 35.5. The van der Waals surface area contributed by atoms with Crippen LogP contribution in [-0.2, 0) is 4.79 Å². The van der Waals surface area contributed by atoms with E-state index in [0.717, 1.165) is 66.1 Å². The molecule has 1 N–H and O–H groups in total. The Labute approximate surface area is 187 Å². The minimum Gasteiger partial charge on any atom is -0.353 e. The Morgan fingerprint density at radius 1 is 1.19 bits per heavy atom. The van der Waals surface area contributed by atoms with Crippen LogP contribution in [0.5, 0.6) is 0 Å². The maximum atomic E-state index is 12.5. The number of benzene rings is 1. The second-order valence-corrected chi connectivity index (χ2v) is 8.82. The predicted octanol–water partition coefficient (Wildman–Crippen LogP) is 4.22. The first-order valence-electron chi connectivity index (χ1n) is 10.9. The quantitative estimate of drug-likeness (QED) is 0.642. The number of carbonyl (C=O) groups is 1. The van der Waals surface area contributed by atoms with E-state index in [0.29, 0.717) is 5.02 Å². The molecule has 0 bridgehead atoms. The van der Waals surface area contributed by atoms with Crippen LogP contribution in [0.15, 0.2) is 24.3 Å². The molecule has 164 valence electrons. The third kappa shape index (κ3) is 4.24. The second-order valence-electron chi connectivity index (χ2n) is 8.39. The van der Waals surface area contributed by atoms with Crippen molar-refractivity contribution < 1.29 is 4.79 Å². The molecule has 3 aromatic rings. The summed E-state index contributed by atoms with van der Waals surface area (Å²) in [5.74, 6) is 1.00. The normalized spacial score (nSPS) is 16.0. The second kappa shape index (κ2) is 8.83. The van der Waals surface area contributed by atoms with Crippen molar-refractivity contribution in [1.82, 2.24) is 25.3 Å². The molecule has 0 saturated carbocycles. The van der Waals surface area contributed by atoms with Crippen molar-refractivity contribution in [3.8, 4) is 5.69 Å². The van der Waals surface area contributed by atoms with Crippen molar-refractivity contribution in [2.45, 2.75) is 53.0 Å². The number of nitrogens with one attached hydrogen (secondary N) is 1. The third-order valence-electron chi connectivity index (χ3n) is 6.22. The maximum Gasteiger partial charge on any atom is 0.223 e. The van der Waals surface area contributed by atoms with E-state index in [9.17, 15) is 4.79 Å². The van der Waals surface area contributed by atoms with E-state index in [-0.39, 0.29) is 17.9 Å². The van der Waals surface area contributed by atoms with Crippen LogP contribution in [0.25, 0.3) is 16.6 Å². The van der Waals surface area contributed by atoms with E-state index in [2.05, 4.69) is 27.3 Å². The Balaban J connectivity index is 1.61. The summed E-state index contributed by atoms with van der Waals surface area (Å²) in [4.78, 5) is 14.7. The molecular formula is C23H29ClN6O. The van der Waals surface area contributed by atoms with Crippen molar-refractivity contribution in [3.63, 3.8) is 0 Å². The molecule has 0 aliphatic carbocycles. The minimum absolute atomic E-state index is 0.0486. The van der Waals surface area contributed by atoms with Gasteiger partial charge in [0.15, 0.2) is 5.82 Å². The number of amides is 1. The average molecular weight is 441 g/mol. The summed E-state index contributed by atoms with van der Waals surface area (Å²) < 4.78 is 1.92. The number of aryl methyl sites for hydroxylation is 2. The summed E-state index contributed by atoms with van der Waals surface area (Å²) >= 11 is 6.05. The van der Waals surface area contributed by atoms with Crippen molar-refractivity contribution in [2.24, 2.45) is 5.92 Å². The lowest BCUT2D eigenvalue weighted by molar-refractivity contribution is -0.126. The highest BCUT2D eigenvalue weighted by molar-refractivity contribution is 6.30. The van der Waals surface area contributed by atoms with Crippen LogP contribution in [0.1, 0.15) is 44.5 Å². The number of halogens is 1. The average Bonchev–Trinajstić information content (AvgIpc) is 3.12. The van der Waals surface area contributed by atoms with Gasteiger partial charge in [-0.05, 0) is 64.3 Å². The molecule has 0 spiro atoms. The number of hydrogen-bond donors (Lipinski definition) is 1. The lowest BCUT2D eigenvalue weighted by Crippen LogP contribution is -2.43. The molecule has 4 rings (SSSR count). The summed E-state index contributed by atoms with van der Waals surface area (Å²) in [6, 6.07) is 7.86. The summed E-state index contributed by atoms with van der Waals surface area (Å²) in [5, 5.41) is 18.7. The van der Waals surface area contributed by atoms with Crippen LogP contribution in [0, 0.1) is 19.8 Å². The number of fused-ring (bicyclic) bond motifs is 1. The van der Waals surface area contributed by atoms with Gasteiger partial charge in [0, 0.05) is 30.1 Å². The first-order chi connectivity index (χ1) is 14.9. The Morgan fingerprint density at radius 3 is 2.52 bits per heavy atom. The first-order valence-corrected chi connectivity index (χ1v) is 11.3. The fraction of sp³-hybridized carbons (Fsp3) is 0.478. The highest BCUT2D eigenvalue weighted by Gasteiger charge is 2.28. The van der Waals surface area contributed by atoms with Gasteiger partial charge in [-0.15, -0.1) is 5.10 Å². The molecule has 1 aromatic carbocycles. The van der Waals surface area contributed by atoms with Gasteiger partial charge in [0.2, 0.25) is 5.91 Å². The predicted molar refractivity (Wildman–Crippen MR) is 124 cm³/mol. The number of aromatic nitrogens is 4. The molecule has 1 saturated heterocycles.